The summed E-state index contributed by atoms with van der Waals surface area (Å²) in [6, 6.07) is 15.2. The topological polar surface area (TPSA) is 20.2 Å². The molecular weight excluding hydrogens is 275 g/mol. The monoisotopic (exact) mass is 290 g/mol. The molecular formula is C20H15FO. The van der Waals surface area contributed by atoms with Crippen molar-refractivity contribution in [1.82, 2.24) is 0 Å². The molecule has 3 aromatic rings. The standard InChI is InChI=1S/C20H15FO/c1-12-7-15(9-16(21)8-12)19-10-13-3-2-4-17-14(11-22)5-6-18(19)20(13)17/h2-10,22H,11H2,1H3. The van der Waals surface area contributed by atoms with Crippen LogP contribution in [-0.2, 0) is 6.61 Å². The van der Waals surface area contributed by atoms with Crippen molar-refractivity contribution in [3.63, 3.8) is 0 Å². The Morgan fingerprint density at radius 1 is 1.05 bits per heavy atom. The highest BCUT2D eigenvalue weighted by molar-refractivity contribution is 6.13. The van der Waals surface area contributed by atoms with E-state index >= 15 is 0 Å². The number of benzene rings is 3. The molecule has 0 radical (unpaired) electrons. The van der Waals surface area contributed by atoms with E-state index in [0.717, 1.165) is 44.2 Å². The van der Waals surface area contributed by atoms with Crippen molar-refractivity contribution in [1.29, 1.82) is 0 Å². The fourth-order valence-corrected chi connectivity index (χ4v) is 3.34. The Morgan fingerprint density at radius 2 is 1.91 bits per heavy atom. The molecule has 0 fully saturated rings. The van der Waals surface area contributed by atoms with Gasteiger partial charge in [-0.25, -0.2) is 4.39 Å². The molecule has 1 nitrogen and oxygen atoms in total. The van der Waals surface area contributed by atoms with Crippen LogP contribution in [0.15, 0.2) is 48.5 Å². The van der Waals surface area contributed by atoms with Crippen molar-refractivity contribution < 1.29 is 9.50 Å². The summed E-state index contributed by atoms with van der Waals surface area (Å²) in [5, 5.41) is 11.7. The predicted octanol–water partition coefficient (Wildman–Crippen LogP) is 4.68. The van der Waals surface area contributed by atoms with Gasteiger partial charge in [0.15, 0.2) is 0 Å². The van der Waals surface area contributed by atoms with Gasteiger partial charge in [-0.2, -0.15) is 0 Å². The minimum absolute atomic E-state index is 0.0225. The van der Waals surface area contributed by atoms with Crippen molar-refractivity contribution >= 4 is 22.4 Å². The van der Waals surface area contributed by atoms with Gasteiger partial charge < -0.3 is 5.11 Å². The van der Waals surface area contributed by atoms with E-state index in [4.69, 9.17) is 0 Å². The average Bonchev–Trinajstić information content (AvgIpc) is 2.88. The zero-order chi connectivity index (χ0) is 15.3. The summed E-state index contributed by atoms with van der Waals surface area (Å²) >= 11 is 0. The summed E-state index contributed by atoms with van der Waals surface area (Å²) in [6.45, 7) is 1.92. The lowest BCUT2D eigenvalue weighted by Crippen LogP contribution is -1.91. The summed E-state index contributed by atoms with van der Waals surface area (Å²) in [5.41, 5.74) is 6.00. The Labute approximate surface area is 128 Å². The Hall–Kier alpha value is -2.45. The van der Waals surface area contributed by atoms with Crippen LogP contribution in [0, 0.1) is 12.7 Å². The summed E-state index contributed by atoms with van der Waals surface area (Å²) in [4.78, 5) is 0. The number of halogens is 1. The van der Waals surface area contributed by atoms with Crippen molar-refractivity contribution in [2.75, 3.05) is 0 Å². The van der Waals surface area contributed by atoms with E-state index in [1.54, 1.807) is 6.07 Å². The van der Waals surface area contributed by atoms with Gasteiger partial charge in [0.05, 0.1) is 6.61 Å². The molecule has 108 valence electrons. The third kappa shape index (κ3) is 1.88. The minimum atomic E-state index is -0.213. The summed E-state index contributed by atoms with van der Waals surface area (Å²) < 4.78 is 13.8. The molecule has 3 aromatic carbocycles. The van der Waals surface area contributed by atoms with Gasteiger partial charge in [0, 0.05) is 0 Å². The second kappa shape index (κ2) is 4.79. The fraction of sp³-hybridized carbons (Fsp3) is 0.100. The predicted molar refractivity (Wildman–Crippen MR) is 88.0 cm³/mol. The van der Waals surface area contributed by atoms with E-state index < -0.39 is 0 Å². The van der Waals surface area contributed by atoms with Gasteiger partial charge in [-0.1, -0.05) is 36.4 Å². The Balaban J connectivity index is 1.99. The van der Waals surface area contributed by atoms with Crippen LogP contribution in [0.1, 0.15) is 27.8 Å². The van der Waals surface area contributed by atoms with Crippen LogP contribution >= 0.6 is 0 Å². The lowest BCUT2D eigenvalue weighted by molar-refractivity contribution is 0.283. The van der Waals surface area contributed by atoms with Gasteiger partial charge in [-0.3, -0.25) is 0 Å². The van der Waals surface area contributed by atoms with Crippen LogP contribution in [0.25, 0.3) is 22.4 Å². The van der Waals surface area contributed by atoms with Crippen LogP contribution in [0.3, 0.4) is 0 Å². The van der Waals surface area contributed by atoms with Crippen molar-refractivity contribution in [2.24, 2.45) is 0 Å². The molecule has 0 aliphatic heterocycles. The molecule has 0 saturated carbocycles. The largest absolute Gasteiger partial charge is 0.392 e. The maximum absolute atomic E-state index is 13.8. The molecule has 2 heteroatoms. The van der Waals surface area contributed by atoms with Crippen LogP contribution in [0.4, 0.5) is 4.39 Å². The zero-order valence-corrected chi connectivity index (χ0v) is 12.2. The molecule has 0 aromatic heterocycles. The number of aliphatic hydroxyl groups excluding tert-OH is 1. The van der Waals surface area contributed by atoms with Crippen LogP contribution in [-0.4, -0.2) is 5.11 Å². The zero-order valence-electron chi connectivity index (χ0n) is 12.2. The molecule has 0 heterocycles. The number of hydrogen-bond acceptors (Lipinski definition) is 1. The molecule has 0 amide bonds. The molecule has 0 atom stereocenters. The number of rotatable bonds is 2. The smallest absolute Gasteiger partial charge is 0.124 e. The highest BCUT2D eigenvalue weighted by atomic mass is 19.1. The maximum Gasteiger partial charge on any atom is 0.124 e. The fourth-order valence-electron chi connectivity index (χ4n) is 3.34. The third-order valence-corrected chi connectivity index (χ3v) is 4.28. The number of hydrogen-bond donors (Lipinski definition) is 1. The van der Waals surface area contributed by atoms with Gasteiger partial charge in [0.25, 0.3) is 0 Å². The van der Waals surface area contributed by atoms with Crippen LogP contribution < -0.4 is 0 Å². The van der Waals surface area contributed by atoms with E-state index in [1.807, 2.05) is 37.3 Å². The first-order valence-electron chi connectivity index (χ1n) is 7.32. The quantitative estimate of drug-likeness (QED) is 0.568. The van der Waals surface area contributed by atoms with E-state index in [-0.39, 0.29) is 12.4 Å². The maximum atomic E-state index is 13.8. The molecule has 1 aliphatic carbocycles. The van der Waals surface area contributed by atoms with Crippen LogP contribution in [0.5, 0.6) is 0 Å². The molecule has 1 aliphatic rings. The summed E-state index contributed by atoms with van der Waals surface area (Å²) in [7, 11) is 0. The lowest BCUT2D eigenvalue weighted by Gasteiger charge is -2.10. The average molecular weight is 290 g/mol. The first-order valence-corrected chi connectivity index (χ1v) is 7.32. The highest BCUT2D eigenvalue weighted by Crippen LogP contribution is 2.41. The third-order valence-electron chi connectivity index (χ3n) is 4.28. The molecule has 0 spiro atoms. The minimum Gasteiger partial charge on any atom is -0.392 e. The van der Waals surface area contributed by atoms with Gasteiger partial charge in [-0.05, 0) is 69.3 Å². The summed E-state index contributed by atoms with van der Waals surface area (Å²) in [6.07, 6.45) is 2.10. The second-order valence-corrected chi connectivity index (χ2v) is 5.78. The lowest BCUT2D eigenvalue weighted by atomic mass is 9.95. The first kappa shape index (κ1) is 13.2. The van der Waals surface area contributed by atoms with E-state index in [0.29, 0.717) is 0 Å². The number of aryl methyl sites for hydroxylation is 1. The highest BCUT2D eigenvalue weighted by Gasteiger charge is 2.19. The van der Waals surface area contributed by atoms with E-state index in [9.17, 15) is 9.50 Å². The van der Waals surface area contributed by atoms with E-state index in [1.165, 1.54) is 6.07 Å². The van der Waals surface area contributed by atoms with Gasteiger partial charge in [-0.15, -0.1) is 0 Å². The van der Waals surface area contributed by atoms with Gasteiger partial charge >= 0.3 is 0 Å². The van der Waals surface area contributed by atoms with Crippen LogP contribution in [0.2, 0.25) is 0 Å². The molecule has 1 N–H and O–H groups in total. The molecule has 0 bridgehead atoms. The first-order chi connectivity index (χ1) is 10.7. The number of aliphatic hydroxyl groups is 1. The normalized spacial score (nSPS) is 12.8. The molecule has 22 heavy (non-hydrogen) atoms. The van der Waals surface area contributed by atoms with Crippen molar-refractivity contribution in [3.8, 4) is 0 Å². The van der Waals surface area contributed by atoms with Crippen molar-refractivity contribution in [3.05, 3.63) is 82.2 Å². The molecule has 4 rings (SSSR count). The summed E-state index contributed by atoms with van der Waals surface area (Å²) in [5.74, 6) is -0.213. The van der Waals surface area contributed by atoms with Crippen molar-refractivity contribution in [2.45, 2.75) is 13.5 Å². The SMILES string of the molecule is Cc1cc(F)cc(C2=Cc3cccc4c(CO)ccc2c34)c1. The Morgan fingerprint density at radius 3 is 2.68 bits per heavy atom. The molecule has 0 saturated heterocycles. The Bertz CT molecular complexity index is 918. The van der Waals surface area contributed by atoms with E-state index in [2.05, 4.69) is 12.1 Å². The second-order valence-electron chi connectivity index (χ2n) is 5.78. The van der Waals surface area contributed by atoms with Gasteiger partial charge in [0.2, 0.25) is 0 Å². The Kier molecular flexibility index (Phi) is 2.88. The molecule has 0 unspecified atom stereocenters. The van der Waals surface area contributed by atoms with Gasteiger partial charge in [0.1, 0.15) is 5.82 Å².